The number of methoxy groups -OCH3 is 2. The number of aliphatic carboxylic acids is 1. The van der Waals surface area contributed by atoms with E-state index >= 15 is 0 Å². The number of nitrogens with zero attached hydrogens (tertiary/aromatic N) is 2. The molecule has 3 rings (SSSR count). The van der Waals surface area contributed by atoms with E-state index in [0.717, 1.165) is 28.3 Å². The van der Waals surface area contributed by atoms with Crippen molar-refractivity contribution in [2.24, 2.45) is 5.92 Å². The van der Waals surface area contributed by atoms with Crippen LogP contribution in [0.25, 0.3) is 0 Å². The Hall–Kier alpha value is -2.60. The van der Waals surface area contributed by atoms with Gasteiger partial charge in [-0.1, -0.05) is 6.07 Å². The van der Waals surface area contributed by atoms with Crippen LogP contribution < -0.4 is 9.47 Å². The topological polar surface area (TPSA) is 71.9 Å². The van der Waals surface area contributed by atoms with E-state index in [2.05, 4.69) is 16.0 Å². The van der Waals surface area contributed by atoms with E-state index in [-0.39, 0.29) is 12.0 Å². The van der Waals surface area contributed by atoms with E-state index in [1.165, 1.54) is 0 Å². The van der Waals surface area contributed by atoms with Crippen LogP contribution in [0.1, 0.15) is 35.7 Å². The van der Waals surface area contributed by atoms with Crippen molar-refractivity contribution in [3.63, 3.8) is 0 Å². The number of ether oxygens (including phenoxy) is 2. The average Bonchev–Trinajstić information content (AvgIpc) is 2.70. The highest BCUT2D eigenvalue weighted by Crippen LogP contribution is 2.38. The van der Waals surface area contributed by atoms with Crippen molar-refractivity contribution in [1.82, 2.24) is 9.88 Å². The summed E-state index contributed by atoms with van der Waals surface area (Å²) in [6, 6.07) is 9.79. The van der Waals surface area contributed by atoms with E-state index in [4.69, 9.17) is 9.47 Å². The molecule has 0 bridgehead atoms. The molecule has 2 heterocycles. The van der Waals surface area contributed by atoms with E-state index in [1.807, 2.05) is 37.4 Å². The zero-order valence-corrected chi connectivity index (χ0v) is 16.0. The molecule has 144 valence electrons. The minimum absolute atomic E-state index is 0.0961. The molecule has 1 N–H and O–H groups in total. The number of rotatable bonds is 6. The van der Waals surface area contributed by atoms with Gasteiger partial charge in [0.15, 0.2) is 0 Å². The second-order valence-electron chi connectivity index (χ2n) is 6.92. The third-order valence-electron chi connectivity index (χ3n) is 5.19. The zero-order chi connectivity index (χ0) is 19.4. The van der Waals surface area contributed by atoms with E-state index < -0.39 is 5.97 Å². The number of carbonyl (C=O) groups is 1. The van der Waals surface area contributed by atoms with E-state index in [1.54, 1.807) is 14.2 Å². The summed E-state index contributed by atoms with van der Waals surface area (Å²) in [6.45, 7) is 3.41. The first-order chi connectivity index (χ1) is 13.0. The van der Waals surface area contributed by atoms with Crippen LogP contribution >= 0.6 is 0 Å². The molecule has 2 aromatic rings. The van der Waals surface area contributed by atoms with Gasteiger partial charge in [0, 0.05) is 17.8 Å². The van der Waals surface area contributed by atoms with Gasteiger partial charge in [0.25, 0.3) is 0 Å². The first kappa shape index (κ1) is 19.2. The number of hydrogen-bond acceptors (Lipinski definition) is 5. The molecule has 6 nitrogen and oxygen atoms in total. The molecule has 27 heavy (non-hydrogen) atoms. The summed E-state index contributed by atoms with van der Waals surface area (Å²) >= 11 is 0. The number of benzene rings is 1. The van der Waals surface area contributed by atoms with Gasteiger partial charge in [-0.2, -0.15) is 0 Å². The fourth-order valence-electron chi connectivity index (χ4n) is 3.63. The summed E-state index contributed by atoms with van der Waals surface area (Å²) in [6.07, 6.45) is 3.13. The quantitative estimate of drug-likeness (QED) is 0.841. The maximum atomic E-state index is 11.3. The average molecular weight is 370 g/mol. The number of aromatic nitrogens is 1. The van der Waals surface area contributed by atoms with Crippen LogP contribution in [0.15, 0.2) is 36.5 Å². The lowest BCUT2D eigenvalue weighted by Gasteiger charge is -2.37. The number of piperidine rings is 1. The third-order valence-corrected chi connectivity index (χ3v) is 5.19. The molecule has 1 aliphatic rings. The Labute approximate surface area is 159 Å². The fraction of sp³-hybridized carbons (Fsp3) is 0.429. The monoisotopic (exact) mass is 370 g/mol. The Morgan fingerprint density at radius 1 is 1.19 bits per heavy atom. The maximum absolute atomic E-state index is 11.3. The third kappa shape index (κ3) is 4.22. The van der Waals surface area contributed by atoms with Crippen molar-refractivity contribution in [3.8, 4) is 11.5 Å². The summed E-state index contributed by atoms with van der Waals surface area (Å²) in [5.74, 6) is 0.491. The van der Waals surface area contributed by atoms with Crippen molar-refractivity contribution in [3.05, 3.63) is 53.3 Å². The number of hydrogen-bond donors (Lipinski definition) is 1. The fourth-order valence-corrected chi connectivity index (χ4v) is 3.63. The molecule has 1 aromatic heterocycles. The number of pyridine rings is 1. The molecular weight excluding hydrogens is 344 g/mol. The van der Waals surface area contributed by atoms with Crippen molar-refractivity contribution in [2.75, 3.05) is 27.3 Å². The Kier molecular flexibility index (Phi) is 5.96. The minimum atomic E-state index is -0.707. The molecule has 0 aliphatic carbocycles. The van der Waals surface area contributed by atoms with Gasteiger partial charge in [0.1, 0.15) is 11.5 Å². The van der Waals surface area contributed by atoms with Gasteiger partial charge in [0.2, 0.25) is 0 Å². The SMILES string of the molecule is COc1ccc(C(c2ccc(C)cn2)N2CCC(C(=O)O)CC2)c(OC)c1. The summed E-state index contributed by atoms with van der Waals surface area (Å²) < 4.78 is 11.0. The second-order valence-corrected chi connectivity index (χ2v) is 6.92. The summed E-state index contributed by atoms with van der Waals surface area (Å²) in [5, 5.41) is 9.30. The number of likely N-dealkylation sites (tertiary alicyclic amines) is 1. The molecule has 1 aromatic carbocycles. The van der Waals surface area contributed by atoms with Gasteiger partial charge in [-0.05, 0) is 56.6 Å². The molecule has 0 amide bonds. The van der Waals surface area contributed by atoms with Crippen LogP contribution in [0.5, 0.6) is 11.5 Å². The van der Waals surface area contributed by atoms with Gasteiger partial charge < -0.3 is 14.6 Å². The molecule has 0 spiro atoms. The van der Waals surface area contributed by atoms with E-state index in [9.17, 15) is 9.90 Å². The lowest BCUT2D eigenvalue weighted by atomic mass is 9.92. The van der Waals surface area contributed by atoms with Crippen molar-refractivity contribution in [2.45, 2.75) is 25.8 Å². The van der Waals surface area contributed by atoms with Crippen LogP contribution in [0.4, 0.5) is 0 Å². The predicted molar refractivity (Wildman–Crippen MR) is 102 cm³/mol. The van der Waals surface area contributed by atoms with Crippen LogP contribution in [0.3, 0.4) is 0 Å². The van der Waals surface area contributed by atoms with Crippen LogP contribution in [-0.2, 0) is 4.79 Å². The van der Waals surface area contributed by atoms with E-state index in [0.29, 0.717) is 25.9 Å². The maximum Gasteiger partial charge on any atom is 0.306 e. The molecule has 0 saturated carbocycles. The van der Waals surface area contributed by atoms with Crippen molar-refractivity contribution < 1.29 is 19.4 Å². The summed E-state index contributed by atoms with van der Waals surface area (Å²) in [4.78, 5) is 18.3. The summed E-state index contributed by atoms with van der Waals surface area (Å²) in [7, 11) is 3.28. The molecule has 1 unspecified atom stereocenters. The highest BCUT2D eigenvalue weighted by molar-refractivity contribution is 5.70. The lowest BCUT2D eigenvalue weighted by Crippen LogP contribution is -2.39. The standard InChI is InChI=1S/C21H26N2O4/c1-14-4-7-18(22-13-14)20(23-10-8-15(9-11-23)21(24)25)17-6-5-16(26-2)12-19(17)27-3/h4-7,12-13,15,20H,8-11H2,1-3H3,(H,24,25). The van der Waals surface area contributed by atoms with Crippen LogP contribution in [0.2, 0.25) is 0 Å². The zero-order valence-electron chi connectivity index (χ0n) is 16.0. The minimum Gasteiger partial charge on any atom is -0.497 e. The number of carboxylic acid groups (broad SMARTS) is 1. The Morgan fingerprint density at radius 2 is 1.93 bits per heavy atom. The van der Waals surface area contributed by atoms with Crippen LogP contribution in [-0.4, -0.2) is 48.3 Å². The number of carboxylic acids is 1. The highest BCUT2D eigenvalue weighted by atomic mass is 16.5. The molecular formula is C21H26N2O4. The Morgan fingerprint density at radius 3 is 2.48 bits per heavy atom. The first-order valence-corrected chi connectivity index (χ1v) is 9.14. The molecule has 0 radical (unpaired) electrons. The summed E-state index contributed by atoms with van der Waals surface area (Å²) in [5.41, 5.74) is 3.03. The van der Waals surface area contributed by atoms with Gasteiger partial charge in [0.05, 0.1) is 31.9 Å². The first-order valence-electron chi connectivity index (χ1n) is 9.14. The molecule has 1 atom stereocenters. The smallest absolute Gasteiger partial charge is 0.306 e. The molecule has 1 aliphatic heterocycles. The predicted octanol–water partition coefficient (Wildman–Crippen LogP) is 3.29. The second kappa shape index (κ2) is 8.39. The molecule has 1 saturated heterocycles. The van der Waals surface area contributed by atoms with Gasteiger partial charge in [-0.3, -0.25) is 14.7 Å². The van der Waals surface area contributed by atoms with Gasteiger partial charge in [-0.25, -0.2) is 0 Å². The largest absolute Gasteiger partial charge is 0.497 e. The highest BCUT2D eigenvalue weighted by Gasteiger charge is 2.32. The number of aryl methyl sites for hydroxylation is 1. The molecule has 6 heteroatoms. The Balaban J connectivity index is 1.98. The van der Waals surface area contributed by atoms with Crippen molar-refractivity contribution in [1.29, 1.82) is 0 Å². The van der Waals surface area contributed by atoms with Gasteiger partial charge in [-0.15, -0.1) is 0 Å². The van der Waals surface area contributed by atoms with Gasteiger partial charge >= 0.3 is 5.97 Å². The Bertz CT molecular complexity index is 783. The molecule has 1 fully saturated rings. The normalized spacial score (nSPS) is 16.7. The van der Waals surface area contributed by atoms with Crippen LogP contribution in [0, 0.1) is 12.8 Å². The lowest BCUT2D eigenvalue weighted by molar-refractivity contribution is -0.143. The van der Waals surface area contributed by atoms with Crippen molar-refractivity contribution >= 4 is 5.97 Å².